The zero-order chi connectivity index (χ0) is 12.3. The summed E-state index contributed by atoms with van der Waals surface area (Å²) in [6, 6.07) is 7.17. The predicted octanol–water partition coefficient (Wildman–Crippen LogP) is 3.01. The van der Waals surface area contributed by atoms with Crippen molar-refractivity contribution in [2.75, 3.05) is 0 Å². The fourth-order valence-corrected chi connectivity index (χ4v) is 1.74. The van der Waals surface area contributed by atoms with E-state index in [1.807, 2.05) is 6.07 Å². The number of carboxylic acids is 1. The van der Waals surface area contributed by atoms with Gasteiger partial charge in [-0.15, -0.1) is 0 Å². The smallest absolute Gasteiger partial charge is 0.303 e. The summed E-state index contributed by atoms with van der Waals surface area (Å²) < 4.78 is 5.14. The first-order valence-corrected chi connectivity index (χ1v) is 5.46. The number of carboxylic acid groups (broad SMARTS) is 1. The number of aromatic nitrogens is 1. The average Bonchev–Trinajstić information content (AvgIpc) is 2.74. The van der Waals surface area contributed by atoms with E-state index in [4.69, 9.17) is 21.2 Å². The lowest BCUT2D eigenvalue weighted by atomic mass is 10.1. The molecule has 0 saturated heterocycles. The molecular weight excluding hydrogens is 242 g/mol. The van der Waals surface area contributed by atoms with Crippen LogP contribution in [0.1, 0.15) is 12.0 Å². The summed E-state index contributed by atoms with van der Waals surface area (Å²) >= 11 is 5.89. The van der Waals surface area contributed by atoms with Crippen LogP contribution in [0.5, 0.6) is 0 Å². The second-order valence-corrected chi connectivity index (χ2v) is 4.02. The van der Waals surface area contributed by atoms with Gasteiger partial charge >= 0.3 is 5.97 Å². The molecule has 4 nitrogen and oxygen atoms in total. The van der Waals surface area contributed by atoms with Gasteiger partial charge in [-0.3, -0.25) is 4.79 Å². The summed E-state index contributed by atoms with van der Waals surface area (Å²) in [5.74, 6) is -0.267. The Bertz CT molecular complexity index is 536. The van der Waals surface area contributed by atoms with E-state index in [0.717, 1.165) is 11.1 Å². The van der Waals surface area contributed by atoms with Crippen molar-refractivity contribution < 1.29 is 14.4 Å². The molecule has 0 radical (unpaired) electrons. The van der Waals surface area contributed by atoms with E-state index < -0.39 is 5.97 Å². The van der Waals surface area contributed by atoms with Gasteiger partial charge in [0.1, 0.15) is 0 Å². The number of hydrogen-bond donors (Lipinski definition) is 1. The molecule has 0 spiro atoms. The summed E-state index contributed by atoms with van der Waals surface area (Å²) in [5, 5.41) is 12.9. The van der Waals surface area contributed by atoms with Crippen LogP contribution < -0.4 is 0 Å². The summed E-state index contributed by atoms with van der Waals surface area (Å²) in [6.07, 6.45) is 1.98. The molecule has 0 amide bonds. The molecule has 2 aromatic rings. The topological polar surface area (TPSA) is 63.3 Å². The Labute approximate surface area is 103 Å². The molecule has 0 unspecified atom stereocenters. The Kier molecular flexibility index (Phi) is 3.44. The third kappa shape index (κ3) is 2.85. The first-order valence-electron chi connectivity index (χ1n) is 5.08. The first-order chi connectivity index (χ1) is 8.16. The Morgan fingerprint density at radius 2 is 2.29 bits per heavy atom. The van der Waals surface area contributed by atoms with Gasteiger partial charge in [0, 0.05) is 22.6 Å². The predicted molar refractivity (Wildman–Crippen MR) is 62.9 cm³/mol. The molecule has 1 aromatic carbocycles. The van der Waals surface area contributed by atoms with Crippen molar-refractivity contribution in [1.29, 1.82) is 0 Å². The molecule has 0 aliphatic carbocycles. The van der Waals surface area contributed by atoms with E-state index in [0.29, 0.717) is 17.2 Å². The van der Waals surface area contributed by atoms with Crippen LogP contribution >= 0.6 is 11.6 Å². The highest BCUT2D eigenvalue weighted by atomic mass is 35.5. The molecular formula is C12H10ClNO3. The molecule has 17 heavy (non-hydrogen) atoms. The van der Waals surface area contributed by atoms with Gasteiger partial charge in [0.2, 0.25) is 0 Å². The van der Waals surface area contributed by atoms with Gasteiger partial charge in [-0.1, -0.05) is 28.9 Å². The number of benzene rings is 1. The standard InChI is InChI=1S/C12H10ClNO3/c13-10-3-1-2-8(6-10)12-9(7-14-17-12)4-5-11(15)16/h1-3,6-7H,4-5H2,(H,15,16). The first kappa shape index (κ1) is 11.7. The SMILES string of the molecule is O=C(O)CCc1cnoc1-c1cccc(Cl)c1. The maximum Gasteiger partial charge on any atom is 0.303 e. The highest BCUT2D eigenvalue weighted by Gasteiger charge is 2.12. The molecule has 5 heteroatoms. The van der Waals surface area contributed by atoms with E-state index in [2.05, 4.69) is 5.16 Å². The van der Waals surface area contributed by atoms with Crippen LogP contribution in [-0.4, -0.2) is 16.2 Å². The van der Waals surface area contributed by atoms with E-state index in [-0.39, 0.29) is 6.42 Å². The van der Waals surface area contributed by atoms with Crippen molar-refractivity contribution in [3.63, 3.8) is 0 Å². The lowest BCUT2D eigenvalue weighted by molar-refractivity contribution is -0.136. The minimum absolute atomic E-state index is 0.0504. The molecule has 0 atom stereocenters. The highest BCUT2D eigenvalue weighted by molar-refractivity contribution is 6.30. The van der Waals surface area contributed by atoms with Gasteiger partial charge in [0.05, 0.1) is 6.20 Å². The van der Waals surface area contributed by atoms with Crippen molar-refractivity contribution in [1.82, 2.24) is 5.16 Å². The Balaban J connectivity index is 2.27. The lowest BCUT2D eigenvalue weighted by Crippen LogP contribution is -1.97. The Hall–Kier alpha value is -1.81. The fraction of sp³-hybridized carbons (Fsp3) is 0.167. The molecule has 2 rings (SSSR count). The van der Waals surface area contributed by atoms with E-state index in [1.54, 1.807) is 24.4 Å². The van der Waals surface area contributed by atoms with Crippen molar-refractivity contribution >= 4 is 17.6 Å². The van der Waals surface area contributed by atoms with Crippen LogP contribution in [-0.2, 0) is 11.2 Å². The second kappa shape index (κ2) is 5.01. The third-order valence-electron chi connectivity index (χ3n) is 2.34. The average molecular weight is 252 g/mol. The van der Waals surface area contributed by atoms with E-state index >= 15 is 0 Å². The van der Waals surface area contributed by atoms with Gasteiger partial charge in [-0.2, -0.15) is 0 Å². The number of carbonyl (C=O) groups is 1. The molecule has 1 N–H and O–H groups in total. The molecule has 88 valence electrons. The number of halogens is 1. The molecule has 0 saturated carbocycles. The molecule has 1 aromatic heterocycles. The van der Waals surface area contributed by atoms with Crippen LogP contribution in [0.2, 0.25) is 5.02 Å². The van der Waals surface area contributed by atoms with Crippen LogP contribution in [0.4, 0.5) is 0 Å². The number of hydrogen-bond acceptors (Lipinski definition) is 3. The Morgan fingerprint density at radius 3 is 3.00 bits per heavy atom. The van der Waals surface area contributed by atoms with Crippen molar-refractivity contribution in [3.8, 4) is 11.3 Å². The maximum absolute atomic E-state index is 10.5. The van der Waals surface area contributed by atoms with Crippen molar-refractivity contribution in [2.45, 2.75) is 12.8 Å². The fourth-order valence-electron chi connectivity index (χ4n) is 1.55. The van der Waals surface area contributed by atoms with E-state index in [9.17, 15) is 4.79 Å². The van der Waals surface area contributed by atoms with Gasteiger partial charge < -0.3 is 9.63 Å². The minimum atomic E-state index is -0.844. The molecule has 0 aliphatic heterocycles. The number of nitrogens with zero attached hydrogens (tertiary/aromatic N) is 1. The molecule has 0 bridgehead atoms. The summed E-state index contributed by atoms with van der Waals surface area (Å²) in [4.78, 5) is 10.5. The molecule has 0 aliphatic rings. The van der Waals surface area contributed by atoms with Gasteiger partial charge in [-0.25, -0.2) is 0 Å². The summed E-state index contributed by atoms with van der Waals surface area (Å²) in [5.41, 5.74) is 1.57. The van der Waals surface area contributed by atoms with Crippen LogP contribution in [0.25, 0.3) is 11.3 Å². The zero-order valence-electron chi connectivity index (χ0n) is 8.89. The summed E-state index contributed by atoms with van der Waals surface area (Å²) in [7, 11) is 0. The number of aryl methyl sites for hydroxylation is 1. The third-order valence-corrected chi connectivity index (χ3v) is 2.57. The lowest BCUT2D eigenvalue weighted by Gasteiger charge is -2.00. The monoisotopic (exact) mass is 251 g/mol. The summed E-state index contributed by atoms with van der Waals surface area (Å²) in [6.45, 7) is 0. The molecule has 1 heterocycles. The van der Waals surface area contributed by atoms with E-state index in [1.165, 1.54) is 0 Å². The van der Waals surface area contributed by atoms with Crippen molar-refractivity contribution in [3.05, 3.63) is 41.0 Å². The highest BCUT2D eigenvalue weighted by Crippen LogP contribution is 2.26. The van der Waals surface area contributed by atoms with Crippen LogP contribution in [0.15, 0.2) is 35.0 Å². The number of aliphatic carboxylic acids is 1. The van der Waals surface area contributed by atoms with Crippen molar-refractivity contribution in [2.24, 2.45) is 0 Å². The van der Waals surface area contributed by atoms with Crippen LogP contribution in [0, 0.1) is 0 Å². The second-order valence-electron chi connectivity index (χ2n) is 3.58. The normalized spacial score (nSPS) is 10.4. The quantitative estimate of drug-likeness (QED) is 0.907. The zero-order valence-corrected chi connectivity index (χ0v) is 9.65. The van der Waals surface area contributed by atoms with Gasteiger partial charge in [-0.05, 0) is 18.6 Å². The Morgan fingerprint density at radius 1 is 1.47 bits per heavy atom. The number of rotatable bonds is 4. The largest absolute Gasteiger partial charge is 0.481 e. The van der Waals surface area contributed by atoms with Gasteiger partial charge in [0.25, 0.3) is 0 Å². The maximum atomic E-state index is 10.5. The molecule has 0 fully saturated rings. The van der Waals surface area contributed by atoms with Gasteiger partial charge in [0.15, 0.2) is 5.76 Å². The van der Waals surface area contributed by atoms with Crippen LogP contribution in [0.3, 0.4) is 0 Å². The minimum Gasteiger partial charge on any atom is -0.481 e.